The number of para-hydroxylation sites is 1. The van der Waals surface area contributed by atoms with Gasteiger partial charge in [0.25, 0.3) is 5.91 Å². The summed E-state index contributed by atoms with van der Waals surface area (Å²) in [6, 6.07) is 22.3. The smallest absolute Gasteiger partial charge is 0.325 e. The lowest BCUT2D eigenvalue weighted by Crippen LogP contribution is -2.30. The molecule has 4 rings (SSSR count). The van der Waals surface area contributed by atoms with Crippen LogP contribution in [0, 0.1) is 0 Å². The van der Waals surface area contributed by atoms with Gasteiger partial charge < -0.3 is 25.1 Å². The standard InChI is InChI=1S/C28H27N3O5/c1-35-21-13-9-18(10-14-21)27-23(22-5-3-4-6-24(22)31-27)15-16-25(32)30-20-11-7-19(8-12-20)28(34)29-17-26(33)36-2/h3-14,31H,15-17H2,1-2H3,(H,29,34)(H,30,32). The minimum Gasteiger partial charge on any atom is -0.497 e. The van der Waals surface area contributed by atoms with E-state index in [1.165, 1.54) is 7.11 Å². The third-order valence-corrected chi connectivity index (χ3v) is 5.85. The number of methoxy groups -OCH3 is 2. The summed E-state index contributed by atoms with van der Waals surface area (Å²) in [7, 11) is 2.89. The molecule has 0 aliphatic rings. The van der Waals surface area contributed by atoms with Gasteiger partial charge >= 0.3 is 5.97 Å². The Balaban J connectivity index is 1.43. The topological polar surface area (TPSA) is 110 Å². The number of ether oxygens (including phenoxy) is 2. The Labute approximate surface area is 208 Å². The lowest BCUT2D eigenvalue weighted by Gasteiger charge is -2.09. The number of aryl methyl sites for hydroxylation is 1. The summed E-state index contributed by atoms with van der Waals surface area (Å²) in [5, 5.41) is 6.44. The van der Waals surface area contributed by atoms with Gasteiger partial charge in [0.15, 0.2) is 0 Å². The van der Waals surface area contributed by atoms with Crippen molar-refractivity contribution in [1.82, 2.24) is 10.3 Å². The van der Waals surface area contributed by atoms with Crippen LogP contribution < -0.4 is 15.4 Å². The van der Waals surface area contributed by atoms with E-state index in [1.54, 1.807) is 31.4 Å². The van der Waals surface area contributed by atoms with Crippen molar-refractivity contribution in [2.45, 2.75) is 12.8 Å². The van der Waals surface area contributed by atoms with Crippen LogP contribution in [-0.4, -0.2) is 43.5 Å². The van der Waals surface area contributed by atoms with E-state index in [1.807, 2.05) is 42.5 Å². The van der Waals surface area contributed by atoms with Gasteiger partial charge in [-0.1, -0.05) is 18.2 Å². The molecule has 4 aromatic rings. The molecule has 1 aromatic heterocycles. The molecule has 3 N–H and O–H groups in total. The largest absolute Gasteiger partial charge is 0.497 e. The van der Waals surface area contributed by atoms with Crippen molar-refractivity contribution in [2.75, 3.05) is 26.1 Å². The quantitative estimate of drug-likeness (QED) is 0.306. The van der Waals surface area contributed by atoms with Crippen LogP contribution in [0.1, 0.15) is 22.3 Å². The summed E-state index contributed by atoms with van der Waals surface area (Å²) in [5.41, 5.74) is 5.04. The van der Waals surface area contributed by atoms with E-state index in [9.17, 15) is 14.4 Å². The fourth-order valence-corrected chi connectivity index (χ4v) is 3.96. The molecule has 0 spiro atoms. The molecule has 0 unspecified atom stereocenters. The van der Waals surface area contributed by atoms with E-state index in [4.69, 9.17) is 4.74 Å². The zero-order chi connectivity index (χ0) is 25.5. The van der Waals surface area contributed by atoms with Gasteiger partial charge in [-0.05, 0) is 72.1 Å². The van der Waals surface area contributed by atoms with Gasteiger partial charge in [0.1, 0.15) is 12.3 Å². The predicted molar refractivity (Wildman–Crippen MR) is 138 cm³/mol. The first-order chi connectivity index (χ1) is 17.5. The number of amides is 2. The second kappa shape index (κ2) is 11.2. The predicted octanol–water partition coefficient (Wildman–Crippen LogP) is 4.32. The Bertz CT molecular complexity index is 1370. The molecule has 2 amide bonds. The normalized spacial score (nSPS) is 10.6. The van der Waals surface area contributed by atoms with Gasteiger partial charge in [-0.15, -0.1) is 0 Å². The first-order valence-corrected chi connectivity index (χ1v) is 11.5. The molecular weight excluding hydrogens is 458 g/mol. The first-order valence-electron chi connectivity index (χ1n) is 11.5. The highest BCUT2D eigenvalue weighted by Gasteiger charge is 2.15. The maximum absolute atomic E-state index is 12.7. The van der Waals surface area contributed by atoms with Crippen LogP contribution >= 0.6 is 0 Å². The summed E-state index contributed by atoms with van der Waals surface area (Å²) >= 11 is 0. The first kappa shape index (κ1) is 24.5. The van der Waals surface area contributed by atoms with Crippen LogP contribution in [0.4, 0.5) is 5.69 Å². The number of aromatic nitrogens is 1. The molecule has 0 bridgehead atoms. The Hall–Kier alpha value is -4.59. The Kier molecular flexibility index (Phi) is 7.65. The van der Waals surface area contributed by atoms with Gasteiger partial charge in [0.2, 0.25) is 5.91 Å². The Morgan fingerprint density at radius 1 is 0.889 bits per heavy atom. The lowest BCUT2D eigenvalue weighted by atomic mass is 10.0. The van der Waals surface area contributed by atoms with Crippen LogP contribution in [-0.2, 0) is 20.7 Å². The average Bonchev–Trinajstić information content (AvgIpc) is 3.29. The Morgan fingerprint density at radius 3 is 2.31 bits per heavy atom. The molecule has 0 fully saturated rings. The molecule has 8 nitrogen and oxygen atoms in total. The van der Waals surface area contributed by atoms with E-state index in [0.29, 0.717) is 17.7 Å². The van der Waals surface area contributed by atoms with Gasteiger partial charge in [-0.2, -0.15) is 0 Å². The summed E-state index contributed by atoms with van der Waals surface area (Å²) in [4.78, 5) is 39.5. The summed E-state index contributed by atoms with van der Waals surface area (Å²) in [6.07, 6.45) is 0.831. The molecule has 184 valence electrons. The number of carbonyl (C=O) groups excluding carboxylic acids is 3. The summed E-state index contributed by atoms with van der Waals surface area (Å²) in [5.74, 6) is -0.284. The number of H-pyrrole nitrogens is 1. The van der Waals surface area contributed by atoms with Gasteiger partial charge in [-0.25, -0.2) is 0 Å². The molecule has 0 aliphatic heterocycles. The molecule has 0 saturated heterocycles. The van der Waals surface area contributed by atoms with E-state index >= 15 is 0 Å². The molecule has 8 heteroatoms. The second-order valence-corrected chi connectivity index (χ2v) is 8.14. The number of benzene rings is 3. The van der Waals surface area contributed by atoms with Crippen LogP contribution in [0.3, 0.4) is 0 Å². The van der Waals surface area contributed by atoms with E-state index in [-0.39, 0.29) is 18.9 Å². The number of nitrogens with one attached hydrogen (secondary N) is 3. The third-order valence-electron chi connectivity index (χ3n) is 5.85. The highest BCUT2D eigenvalue weighted by Crippen LogP contribution is 2.32. The number of carbonyl (C=O) groups is 3. The number of anilines is 1. The van der Waals surface area contributed by atoms with E-state index < -0.39 is 11.9 Å². The van der Waals surface area contributed by atoms with Crippen molar-refractivity contribution in [3.8, 4) is 17.0 Å². The molecule has 3 aromatic carbocycles. The van der Waals surface area contributed by atoms with Gasteiger partial charge in [0, 0.05) is 34.3 Å². The van der Waals surface area contributed by atoms with Crippen LogP contribution in [0.5, 0.6) is 5.75 Å². The number of hydrogen-bond acceptors (Lipinski definition) is 5. The third kappa shape index (κ3) is 5.72. The minimum absolute atomic E-state index is 0.135. The van der Waals surface area contributed by atoms with Crippen LogP contribution in [0.15, 0.2) is 72.8 Å². The second-order valence-electron chi connectivity index (χ2n) is 8.14. The maximum Gasteiger partial charge on any atom is 0.325 e. The van der Waals surface area contributed by atoms with Crippen molar-refractivity contribution in [3.63, 3.8) is 0 Å². The molecule has 0 aliphatic carbocycles. The highest BCUT2D eigenvalue weighted by atomic mass is 16.5. The van der Waals surface area contributed by atoms with E-state index in [0.717, 1.165) is 33.5 Å². The lowest BCUT2D eigenvalue weighted by molar-refractivity contribution is -0.139. The molecule has 1 heterocycles. The van der Waals surface area contributed by atoms with E-state index in [2.05, 4.69) is 26.4 Å². The van der Waals surface area contributed by atoms with Gasteiger partial charge in [-0.3, -0.25) is 14.4 Å². The molecule has 0 saturated carbocycles. The summed E-state index contributed by atoms with van der Waals surface area (Å²) < 4.78 is 9.78. The van der Waals surface area contributed by atoms with Crippen LogP contribution in [0.25, 0.3) is 22.2 Å². The monoisotopic (exact) mass is 485 g/mol. The summed E-state index contributed by atoms with van der Waals surface area (Å²) in [6.45, 7) is -0.208. The zero-order valence-electron chi connectivity index (χ0n) is 20.1. The van der Waals surface area contributed by atoms with Crippen molar-refractivity contribution in [1.29, 1.82) is 0 Å². The fourth-order valence-electron chi connectivity index (χ4n) is 3.96. The number of hydrogen-bond donors (Lipinski definition) is 3. The molecular formula is C28H27N3O5. The Morgan fingerprint density at radius 2 is 1.61 bits per heavy atom. The number of aromatic amines is 1. The average molecular weight is 486 g/mol. The highest BCUT2D eigenvalue weighted by molar-refractivity contribution is 5.97. The molecule has 36 heavy (non-hydrogen) atoms. The number of rotatable bonds is 9. The van der Waals surface area contributed by atoms with Crippen molar-refractivity contribution in [2.24, 2.45) is 0 Å². The van der Waals surface area contributed by atoms with Gasteiger partial charge in [0.05, 0.1) is 14.2 Å². The molecule has 0 radical (unpaired) electrons. The van der Waals surface area contributed by atoms with Crippen LogP contribution in [0.2, 0.25) is 0 Å². The maximum atomic E-state index is 12.7. The number of esters is 1. The minimum atomic E-state index is -0.530. The zero-order valence-corrected chi connectivity index (χ0v) is 20.1. The SMILES string of the molecule is COC(=O)CNC(=O)c1ccc(NC(=O)CCc2c(-c3ccc(OC)cc3)[nH]c3ccccc23)cc1. The number of fused-ring (bicyclic) bond motifs is 1. The van der Waals surface area contributed by atoms with Crippen molar-refractivity contribution < 1.29 is 23.9 Å². The van der Waals surface area contributed by atoms with Crippen molar-refractivity contribution >= 4 is 34.4 Å². The fraction of sp³-hybridized carbons (Fsp3) is 0.179. The molecule has 0 atom stereocenters. The van der Waals surface area contributed by atoms with Crippen molar-refractivity contribution in [3.05, 3.63) is 83.9 Å².